The second-order valence-electron chi connectivity index (χ2n) is 4.94. The Labute approximate surface area is 135 Å². The van der Waals surface area contributed by atoms with Crippen LogP contribution in [0.15, 0.2) is 28.3 Å². The molecule has 0 unspecified atom stereocenters. The Balaban J connectivity index is 2.36. The van der Waals surface area contributed by atoms with Gasteiger partial charge in [0.05, 0.1) is 15.9 Å². The summed E-state index contributed by atoms with van der Waals surface area (Å²) in [6, 6.07) is 4.85. The summed E-state index contributed by atoms with van der Waals surface area (Å²) in [6.07, 6.45) is 1.92. The highest BCUT2D eigenvalue weighted by atomic mass is 32.2. The van der Waals surface area contributed by atoms with E-state index in [1.807, 2.05) is 0 Å². The standard InChI is InChI=1S/C14H21N3O3S2/c1-3-7-17-13-6-5-11(22(15,18)19)10-12(13)16-14(17)21-9-4-8-20-2/h5-6,10H,3-4,7-9H2,1-2H3,(H2,15,18,19). The number of thioether (sulfide) groups is 1. The van der Waals surface area contributed by atoms with Gasteiger partial charge in [-0.3, -0.25) is 0 Å². The average molecular weight is 343 g/mol. The lowest BCUT2D eigenvalue weighted by molar-refractivity contribution is 0.200. The summed E-state index contributed by atoms with van der Waals surface area (Å²) < 4.78 is 30.1. The van der Waals surface area contributed by atoms with Crippen molar-refractivity contribution in [2.45, 2.75) is 36.4 Å². The highest BCUT2D eigenvalue weighted by molar-refractivity contribution is 7.99. The lowest BCUT2D eigenvalue weighted by Gasteiger charge is -2.07. The van der Waals surface area contributed by atoms with Crippen LogP contribution in [0.3, 0.4) is 0 Å². The van der Waals surface area contributed by atoms with Crippen LogP contribution >= 0.6 is 11.8 Å². The van der Waals surface area contributed by atoms with E-state index in [1.165, 1.54) is 12.1 Å². The third-order valence-electron chi connectivity index (χ3n) is 3.18. The van der Waals surface area contributed by atoms with Crippen molar-refractivity contribution < 1.29 is 13.2 Å². The van der Waals surface area contributed by atoms with Gasteiger partial charge in [0, 0.05) is 26.0 Å². The van der Waals surface area contributed by atoms with Crippen LogP contribution < -0.4 is 5.14 Å². The smallest absolute Gasteiger partial charge is 0.238 e. The first-order chi connectivity index (χ1) is 10.5. The maximum atomic E-state index is 11.5. The monoisotopic (exact) mass is 343 g/mol. The lowest BCUT2D eigenvalue weighted by atomic mass is 10.3. The van der Waals surface area contributed by atoms with E-state index < -0.39 is 10.0 Å². The maximum absolute atomic E-state index is 11.5. The first kappa shape index (κ1) is 17.3. The summed E-state index contributed by atoms with van der Waals surface area (Å²) in [6.45, 7) is 3.66. The zero-order valence-electron chi connectivity index (χ0n) is 12.8. The van der Waals surface area contributed by atoms with Crippen molar-refractivity contribution in [1.82, 2.24) is 9.55 Å². The molecule has 0 spiro atoms. The predicted molar refractivity (Wildman–Crippen MR) is 88.6 cm³/mol. The molecule has 0 radical (unpaired) electrons. The fraction of sp³-hybridized carbons (Fsp3) is 0.500. The van der Waals surface area contributed by atoms with E-state index in [0.717, 1.165) is 42.4 Å². The van der Waals surface area contributed by atoms with Crippen LogP contribution in [0.4, 0.5) is 0 Å². The van der Waals surface area contributed by atoms with E-state index in [0.29, 0.717) is 5.52 Å². The number of nitrogens with two attached hydrogens (primary N) is 1. The third-order valence-corrected chi connectivity index (χ3v) is 5.16. The largest absolute Gasteiger partial charge is 0.385 e. The van der Waals surface area contributed by atoms with Gasteiger partial charge in [0.2, 0.25) is 10.0 Å². The van der Waals surface area contributed by atoms with Crippen LogP contribution in [0.1, 0.15) is 19.8 Å². The van der Waals surface area contributed by atoms with E-state index in [-0.39, 0.29) is 4.90 Å². The summed E-state index contributed by atoms with van der Waals surface area (Å²) in [5.74, 6) is 0.906. The Morgan fingerprint density at radius 3 is 2.82 bits per heavy atom. The van der Waals surface area contributed by atoms with Crippen molar-refractivity contribution >= 4 is 32.8 Å². The van der Waals surface area contributed by atoms with Crippen LogP contribution in [0.25, 0.3) is 11.0 Å². The molecule has 0 atom stereocenters. The third kappa shape index (κ3) is 4.01. The van der Waals surface area contributed by atoms with E-state index in [1.54, 1.807) is 24.9 Å². The number of rotatable bonds is 8. The summed E-state index contributed by atoms with van der Waals surface area (Å²) in [5.41, 5.74) is 1.60. The number of aryl methyl sites for hydroxylation is 1. The summed E-state index contributed by atoms with van der Waals surface area (Å²) in [5, 5.41) is 6.09. The fourth-order valence-corrected chi connectivity index (χ4v) is 3.67. The van der Waals surface area contributed by atoms with Crippen molar-refractivity contribution in [2.75, 3.05) is 19.5 Å². The van der Waals surface area contributed by atoms with Gasteiger partial charge in [0.15, 0.2) is 5.16 Å². The molecule has 1 aromatic carbocycles. The molecule has 2 aromatic rings. The van der Waals surface area contributed by atoms with Crippen LogP contribution in [0, 0.1) is 0 Å². The van der Waals surface area contributed by atoms with Gasteiger partial charge < -0.3 is 9.30 Å². The summed E-state index contributed by atoms with van der Waals surface area (Å²) in [4.78, 5) is 4.66. The van der Waals surface area contributed by atoms with E-state index in [4.69, 9.17) is 9.88 Å². The Bertz CT molecular complexity index is 741. The molecule has 0 amide bonds. The Hall–Kier alpha value is -1.09. The van der Waals surface area contributed by atoms with Gasteiger partial charge in [0.25, 0.3) is 0 Å². The Morgan fingerprint density at radius 1 is 1.41 bits per heavy atom. The first-order valence-electron chi connectivity index (χ1n) is 7.12. The van der Waals surface area contributed by atoms with Crippen LogP contribution in [-0.4, -0.2) is 37.4 Å². The van der Waals surface area contributed by atoms with E-state index >= 15 is 0 Å². The molecule has 0 saturated heterocycles. The fourth-order valence-electron chi connectivity index (χ4n) is 2.18. The zero-order valence-corrected chi connectivity index (χ0v) is 14.4. The molecule has 0 bridgehead atoms. The molecule has 122 valence electrons. The minimum atomic E-state index is -3.71. The number of fused-ring (bicyclic) bond motifs is 1. The van der Waals surface area contributed by atoms with Gasteiger partial charge in [-0.1, -0.05) is 18.7 Å². The molecule has 2 rings (SSSR count). The number of nitrogens with zero attached hydrogens (tertiary/aromatic N) is 2. The summed E-state index contributed by atoms with van der Waals surface area (Å²) >= 11 is 1.66. The Kier molecular flexibility index (Phi) is 5.85. The highest BCUT2D eigenvalue weighted by Gasteiger charge is 2.14. The minimum absolute atomic E-state index is 0.0945. The van der Waals surface area contributed by atoms with Crippen molar-refractivity contribution in [3.63, 3.8) is 0 Å². The van der Waals surface area contributed by atoms with Crippen molar-refractivity contribution in [3.05, 3.63) is 18.2 Å². The number of aromatic nitrogens is 2. The SMILES string of the molecule is CCCn1c(SCCCOC)nc2cc(S(N)(=O)=O)ccc21. The number of hydrogen-bond acceptors (Lipinski definition) is 5. The van der Waals surface area contributed by atoms with Crippen LogP contribution in [-0.2, 0) is 21.3 Å². The molecule has 0 fully saturated rings. The van der Waals surface area contributed by atoms with Gasteiger partial charge in [-0.15, -0.1) is 0 Å². The van der Waals surface area contributed by atoms with Gasteiger partial charge in [-0.05, 0) is 31.0 Å². The number of ether oxygens (including phenoxy) is 1. The Morgan fingerprint density at radius 2 is 2.18 bits per heavy atom. The number of methoxy groups -OCH3 is 1. The molecule has 8 heteroatoms. The molecular formula is C14H21N3O3S2. The quantitative estimate of drug-likeness (QED) is 0.586. The van der Waals surface area contributed by atoms with Crippen LogP contribution in [0.2, 0.25) is 0 Å². The highest BCUT2D eigenvalue weighted by Crippen LogP contribution is 2.26. The van der Waals surface area contributed by atoms with Crippen molar-refractivity contribution in [1.29, 1.82) is 0 Å². The molecule has 1 aromatic heterocycles. The number of sulfonamides is 1. The van der Waals surface area contributed by atoms with Gasteiger partial charge in [0.1, 0.15) is 0 Å². The molecule has 0 aliphatic carbocycles. The molecule has 0 aliphatic rings. The average Bonchev–Trinajstić information content (AvgIpc) is 2.80. The number of benzene rings is 1. The van der Waals surface area contributed by atoms with Gasteiger partial charge in [-0.2, -0.15) is 0 Å². The van der Waals surface area contributed by atoms with Gasteiger partial charge >= 0.3 is 0 Å². The van der Waals surface area contributed by atoms with E-state index in [9.17, 15) is 8.42 Å². The number of imidazole rings is 1. The normalized spacial score (nSPS) is 12.1. The molecule has 6 nitrogen and oxygen atoms in total. The van der Waals surface area contributed by atoms with Crippen molar-refractivity contribution in [3.8, 4) is 0 Å². The molecule has 0 aliphatic heterocycles. The number of hydrogen-bond donors (Lipinski definition) is 1. The molecule has 2 N–H and O–H groups in total. The summed E-state index contributed by atoms with van der Waals surface area (Å²) in [7, 11) is -2.02. The number of primary sulfonamides is 1. The predicted octanol–water partition coefficient (Wildman–Crippen LogP) is 2.22. The van der Waals surface area contributed by atoms with E-state index in [2.05, 4.69) is 16.5 Å². The van der Waals surface area contributed by atoms with Crippen molar-refractivity contribution in [2.24, 2.45) is 5.14 Å². The molecule has 1 heterocycles. The topological polar surface area (TPSA) is 87.2 Å². The minimum Gasteiger partial charge on any atom is -0.385 e. The van der Waals surface area contributed by atoms with Crippen LogP contribution in [0.5, 0.6) is 0 Å². The lowest BCUT2D eigenvalue weighted by Crippen LogP contribution is -2.11. The van der Waals surface area contributed by atoms with Gasteiger partial charge in [-0.25, -0.2) is 18.5 Å². The second kappa shape index (κ2) is 7.45. The first-order valence-corrected chi connectivity index (χ1v) is 9.65. The second-order valence-corrected chi connectivity index (χ2v) is 7.56. The molecule has 0 saturated carbocycles. The molecular weight excluding hydrogens is 322 g/mol. The maximum Gasteiger partial charge on any atom is 0.238 e. The zero-order chi connectivity index (χ0) is 16.2. The molecule has 22 heavy (non-hydrogen) atoms.